The number of hydrogen-bond acceptors (Lipinski definition) is 2. The largest absolute Gasteiger partial charge is 0.507 e. The van der Waals surface area contributed by atoms with E-state index in [9.17, 15) is 5.11 Å². The number of halogens is 1. The van der Waals surface area contributed by atoms with E-state index in [-0.39, 0.29) is 18.3 Å². The van der Waals surface area contributed by atoms with E-state index in [1.165, 1.54) is 0 Å². The summed E-state index contributed by atoms with van der Waals surface area (Å²) >= 11 is 3.35. The molecule has 0 radical (unpaired) electrons. The van der Waals surface area contributed by atoms with Crippen LogP contribution in [0.5, 0.6) is 5.75 Å². The molecule has 0 amide bonds. The Morgan fingerprint density at radius 1 is 1.46 bits per heavy atom. The second-order valence-electron chi connectivity index (χ2n) is 3.24. The van der Waals surface area contributed by atoms with E-state index in [1.807, 2.05) is 26.0 Å². The smallest absolute Gasteiger partial charge is 0.122 e. The standard InChI is InChI=1S/C10H13BrO2/c1-6-3-8(11)4-9(10(6)13)7(2)5-12/h3-4,7,12-13H,5H2,1-2H3. The average molecular weight is 245 g/mol. The third-order valence-electron chi connectivity index (χ3n) is 2.10. The fourth-order valence-corrected chi connectivity index (χ4v) is 1.83. The molecule has 0 aliphatic carbocycles. The molecule has 13 heavy (non-hydrogen) atoms. The van der Waals surface area contributed by atoms with Crippen LogP contribution in [-0.2, 0) is 0 Å². The Morgan fingerprint density at radius 2 is 2.08 bits per heavy atom. The Balaban J connectivity index is 3.20. The summed E-state index contributed by atoms with van der Waals surface area (Å²) < 4.78 is 0.929. The minimum absolute atomic E-state index is 0.0313. The Bertz CT molecular complexity index is 310. The zero-order chi connectivity index (χ0) is 10.0. The maximum absolute atomic E-state index is 9.69. The van der Waals surface area contributed by atoms with Crippen molar-refractivity contribution in [1.29, 1.82) is 0 Å². The number of rotatable bonds is 2. The lowest BCUT2D eigenvalue weighted by Gasteiger charge is -2.12. The van der Waals surface area contributed by atoms with Crippen molar-refractivity contribution in [3.8, 4) is 5.75 Å². The van der Waals surface area contributed by atoms with Crippen molar-refractivity contribution < 1.29 is 10.2 Å². The zero-order valence-electron chi connectivity index (χ0n) is 7.71. The normalized spacial score (nSPS) is 12.9. The molecule has 2 N–H and O–H groups in total. The van der Waals surface area contributed by atoms with Crippen LogP contribution in [0.3, 0.4) is 0 Å². The molecular weight excluding hydrogens is 232 g/mol. The van der Waals surface area contributed by atoms with Crippen LogP contribution < -0.4 is 0 Å². The van der Waals surface area contributed by atoms with Gasteiger partial charge in [-0.2, -0.15) is 0 Å². The highest BCUT2D eigenvalue weighted by molar-refractivity contribution is 9.10. The number of phenolic OH excluding ortho intramolecular Hbond substituents is 1. The van der Waals surface area contributed by atoms with Crippen molar-refractivity contribution in [2.75, 3.05) is 6.61 Å². The van der Waals surface area contributed by atoms with Gasteiger partial charge in [-0.1, -0.05) is 22.9 Å². The van der Waals surface area contributed by atoms with Gasteiger partial charge in [0.25, 0.3) is 0 Å². The van der Waals surface area contributed by atoms with Crippen molar-refractivity contribution in [3.63, 3.8) is 0 Å². The van der Waals surface area contributed by atoms with Crippen LogP contribution >= 0.6 is 15.9 Å². The number of benzene rings is 1. The van der Waals surface area contributed by atoms with Crippen LogP contribution in [-0.4, -0.2) is 16.8 Å². The summed E-state index contributed by atoms with van der Waals surface area (Å²) in [7, 11) is 0. The third kappa shape index (κ3) is 2.23. The van der Waals surface area contributed by atoms with Gasteiger partial charge in [-0.3, -0.25) is 0 Å². The predicted octanol–water partition coefficient (Wildman–Crippen LogP) is 2.56. The highest BCUT2D eigenvalue weighted by atomic mass is 79.9. The summed E-state index contributed by atoms with van der Waals surface area (Å²) in [5.41, 5.74) is 1.61. The number of aliphatic hydroxyl groups is 1. The van der Waals surface area contributed by atoms with E-state index in [1.54, 1.807) is 0 Å². The molecule has 1 aromatic carbocycles. The Labute approximate surface area is 86.3 Å². The van der Waals surface area contributed by atoms with Crippen LogP contribution in [0.25, 0.3) is 0 Å². The number of hydrogen-bond donors (Lipinski definition) is 2. The van der Waals surface area contributed by atoms with Crippen molar-refractivity contribution in [3.05, 3.63) is 27.7 Å². The van der Waals surface area contributed by atoms with Crippen molar-refractivity contribution in [1.82, 2.24) is 0 Å². The molecule has 0 fully saturated rings. The summed E-state index contributed by atoms with van der Waals surface area (Å²) in [5.74, 6) is 0.251. The molecule has 3 heteroatoms. The molecule has 2 nitrogen and oxygen atoms in total. The van der Waals surface area contributed by atoms with E-state index in [0.717, 1.165) is 15.6 Å². The number of aliphatic hydroxyl groups excluding tert-OH is 1. The van der Waals surface area contributed by atoms with Crippen LogP contribution in [0.2, 0.25) is 0 Å². The van der Waals surface area contributed by atoms with E-state index in [0.29, 0.717) is 0 Å². The minimum atomic E-state index is -0.0313. The molecule has 1 atom stereocenters. The minimum Gasteiger partial charge on any atom is -0.507 e. The van der Waals surface area contributed by atoms with Crippen LogP contribution in [0.15, 0.2) is 16.6 Å². The molecule has 0 heterocycles. The van der Waals surface area contributed by atoms with Gasteiger partial charge in [0.15, 0.2) is 0 Å². The molecule has 0 saturated heterocycles. The van der Waals surface area contributed by atoms with Gasteiger partial charge in [0.05, 0.1) is 0 Å². The second-order valence-corrected chi connectivity index (χ2v) is 4.16. The molecule has 0 spiro atoms. The van der Waals surface area contributed by atoms with Gasteiger partial charge < -0.3 is 10.2 Å². The first-order valence-corrected chi connectivity index (χ1v) is 4.95. The quantitative estimate of drug-likeness (QED) is 0.840. The Kier molecular flexibility index (Phi) is 3.33. The summed E-state index contributed by atoms with van der Waals surface area (Å²) in [4.78, 5) is 0. The SMILES string of the molecule is Cc1cc(Br)cc(C(C)CO)c1O. The summed E-state index contributed by atoms with van der Waals surface area (Å²) in [6.45, 7) is 3.76. The van der Waals surface area contributed by atoms with Crippen LogP contribution in [0.1, 0.15) is 24.0 Å². The average Bonchev–Trinajstić information content (AvgIpc) is 2.10. The van der Waals surface area contributed by atoms with E-state index >= 15 is 0 Å². The summed E-state index contributed by atoms with van der Waals surface area (Å²) in [5, 5.41) is 18.7. The van der Waals surface area contributed by atoms with Gasteiger partial charge in [-0.05, 0) is 24.6 Å². The van der Waals surface area contributed by atoms with E-state index in [4.69, 9.17) is 5.11 Å². The fraction of sp³-hybridized carbons (Fsp3) is 0.400. The third-order valence-corrected chi connectivity index (χ3v) is 2.56. The highest BCUT2D eigenvalue weighted by Gasteiger charge is 2.11. The molecule has 0 aromatic heterocycles. The maximum atomic E-state index is 9.69. The lowest BCUT2D eigenvalue weighted by Crippen LogP contribution is -2.00. The maximum Gasteiger partial charge on any atom is 0.122 e. The van der Waals surface area contributed by atoms with E-state index in [2.05, 4.69) is 15.9 Å². The molecule has 1 aromatic rings. The van der Waals surface area contributed by atoms with Crippen LogP contribution in [0.4, 0.5) is 0 Å². The summed E-state index contributed by atoms with van der Waals surface area (Å²) in [6.07, 6.45) is 0. The lowest BCUT2D eigenvalue weighted by molar-refractivity contribution is 0.270. The summed E-state index contributed by atoms with van der Waals surface area (Å²) in [6, 6.07) is 3.69. The first kappa shape index (κ1) is 10.5. The molecule has 0 bridgehead atoms. The molecule has 72 valence electrons. The van der Waals surface area contributed by atoms with Gasteiger partial charge in [-0.15, -0.1) is 0 Å². The van der Waals surface area contributed by atoms with Crippen molar-refractivity contribution in [2.45, 2.75) is 19.8 Å². The van der Waals surface area contributed by atoms with Gasteiger partial charge in [0.1, 0.15) is 5.75 Å². The molecule has 1 unspecified atom stereocenters. The fourth-order valence-electron chi connectivity index (χ4n) is 1.24. The highest BCUT2D eigenvalue weighted by Crippen LogP contribution is 2.31. The van der Waals surface area contributed by atoms with Crippen LogP contribution in [0, 0.1) is 6.92 Å². The topological polar surface area (TPSA) is 40.5 Å². The molecule has 0 aliphatic rings. The van der Waals surface area contributed by atoms with Crippen molar-refractivity contribution in [2.24, 2.45) is 0 Å². The second kappa shape index (κ2) is 4.11. The first-order chi connectivity index (χ1) is 6.06. The van der Waals surface area contributed by atoms with Gasteiger partial charge in [-0.25, -0.2) is 0 Å². The first-order valence-electron chi connectivity index (χ1n) is 4.16. The molecule has 0 aliphatic heterocycles. The molecule has 0 saturated carbocycles. The number of aryl methyl sites for hydroxylation is 1. The van der Waals surface area contributed by atoms with Gasteiger partial charge in [0, 0.05) is 22.6 Å². The Hall–Kier alpha value is -0.540. The molecular formula is C10H13BrO2. The lowest BCUT2D eigenvalue weighted by atomic mass is 9.99. The Morgan fingerprint density at radius 3 is 2.62 bits per heavy atom. The zero-order valence-corrected chi connectivity index (χ0v) is 9.30. The monoisotopic (exact) mass is 244 g/mol. The predicted molar refractivity (Wildman–Crippen MR) is 56.0 cm³/mol. The van der Waals surface area contributed by atoms with Gasteiger partial charge >= 0.3 is 0 Å². The van der Waals surface area contributed by atoms with E-state index < -0.39 is 0 Å². The van der Waals surface area contributed by atoms with Crippen molar-refractivity contribution >= 4 is 15.9 Å². The molecule has 1 rings (SSSR count). The number of aromatic hydroxyl groups is 1. The number of phenols is 1. The van der Waals surface area contributed by atoms with Gasteiger partial charge in [0.2, 0.25) is 0 Å².